The molecule has 0 atom stereocenters. The molecule has 0 aliphatic carbocycles. The van der Waals surface area contributed by atoms with Crippen molar-refractivity contribution in [3.63, 3.8) is 0 Å². The number of hydrogen-bond donors (Lipinski definition) is 1. The molecule has 2 aromatic carbocycles. The van der Waals surface area contributed by atoms with Crippen LogP contribution in [-0.4, -0.2) is 9.78 Å². The number of nitrogen functional groups attached to an aromatic ring is 1. The standard InChI is InChI=1S/C16H16FN3/c1-10(2)20-15-8-7-13(18)9-14(15)16(19-20)11-3-5-12(17)6-4-11/h3-10H,18H2,1-2H3. The molecular formula is C16H16FN3. The van der Waals surface area contributed by atoms with Crippen molar-refractivity contribution < 1.29 is 4.39 Å². The van der Waals surface area contributed by atoms with Crippen LogP contribution >= 0.6 is 0 Å². The summed E-state index contributed by atoms with van der Waals surface area (Å²) in [5.74, 6) is -0.249. The van der Waals surface area contributed by atoms with E-state index >= 15 is 0 Å². The second kappa shape index (κ2) is 4.63. The predicted molar refractivity (Wildman–Crippen MR) is 79.9 cm³/mol. The van der Waals surface area contributed by atoms with Crippen molar-refractivity contribution in [2.45, 2.75) is 19.9 Å². The highest BCUT2D eigenvalue weighted by molar-refractivity contribution is 5.95. The SMILES string of the molecule is CC(C)n1nc(-c2ccc(F)cc2)c2cc(N)ccc21. The summed E-state index contributed by atoms with van der Waals surface area (Å²) in [4.78, 5) is 0. The van der Waals surface area contributed by atoms with Crippen molar-refractivity contribution in [1.29, 1.82) is 0 Å². The highest BCUT2D eigenvalue weighted by atomic mass is 19.1. The van der Waals surface area contributed by atoms with Crippen LogP contribution in [0.15, 0.2) is 42.5 Å². The first kappa shape index (κ1) is 12.7. The second-order valence-electron chi connectivity index (χ2n) is 5.17. The van der Waals surface area contributed by atoms with Gasteiger partial charge in [-0.3, -0.25) is 4.68 Å². The Kier molecular flexibility index (Phi) is 2.93. The van der Waals surface area contributed by atoms with Crippen molar-refractivity contribution in [3.05, 3.63) is 48.3 Å². The summed E-state index contributed by atoms with van der Waals surface area (Å²) >= 11 is 0. The lowest BCUT2D eigenvalue weighted by atomic mass is 10.1. The smallest absolute Gasteiger partial charge is 0.123 e. The number of hydrogen-bond acceptors (Lipinski definition) is 2. The molecule has 0 unspecified atom stereocenters. The van der Waals surface area contributed by atoms with E-state index in [-0.39, 0.29) is 11.9 Å². The lowest BCUT2D eigenvalue weighted by Crippen LogP contribution is -2.02. The number of fused-ring (bicyclic) bond motifs is 1. The minimum Gasteiger partial charge on any atom is -0.399 e. The third-order valence-electron chi connectivity index (χ3n) is 3.34. The summed E-state index contributed by atoms with van der Waals surface area (Å²) in [5.41, 5.74) is 9.34. The molecule has 0 bridgehead atoms. The Hall–Kier alpha value is -2.36. The third kappa shape index (κ3) is 2.03. The van der Waals surface area contributed by atoms with Crippen LogP contribution in [0.2, 0.25) is 0 Å². The zero-order valence-electron chi connectivity index (χ0n) is 11.5. The minimum atomic E-state index is -0.249. The van der Waals surface area contributed by atoms with Crippen LogP contribution in [0.4, 0.5) is 10.1 Å². The van der Waals surface area contributed by atoms with Crippen molar-refractivity contribution in [2.24, 2.45) is 0 Å². The molecule has 1 heterocycles. The maximum Gasteiger partial charge on any atom is 0.123 e. The van der Waals surface area contributed by atoms with Crippen molar-refractivity contribution in [1.82, 2.24) is 9.78 Å². The summed E-state index contributed by atoms with van der Waals surface area (Å²) in [6.07, 6.45) is 0. The van der Waals surface area contributed by atoms with E-state index < -0.39 is 0 Å². The van der Waals surface area contributed by atoms with E-state index in [2.05, 4.69) is 18.9 Å². The van der Waals surface area contributed by atoms with Crippen molar-refractivity contribution in [3.8, 4) is 11.3 Å². The van der Waals surface area contributed by atoms with Crippen LogP contribution in [0.1, 0.15) is 19.9 Å². The van der Waals surface area contributed by atoms with E-state index in [4.69, 9.17) is 5.73 Å². The summed E-state index contributed by atoms with van der Waals surface area (Å²) in [5, 5.41) is 5.66. The predicted octanol–water partition coefficient (Wildman–Crippen LogP) is 4.01. The van der Waals surface area contributed by atoms with E-state index in [9.17, 15) is 4.39 Å². The van der Waals surface area contributed by atoms with Gasteiger partial charge in [-0.05, 0) is 56.3 Å². The van der Waals surface area contributed by atoms with Crippen LogP contribution in [0.25, 0.3) is 22.2 Å². The monoisotopic (exact) mass is 269 g/mol. The Labute approximate surface area is 116 Å². The first-order chi connectivity index (χ1) is 9.56. The van der Waals surface area contributed by atoms with Gasteiger partial charge in [0.05, 0.1) is 5.52 Å². The lowest BCUT2D eigenvalue weighted by molar-refractivity contribution is 0.552. The first-order valence-electron chi connectivity index (χ1n) is 6.60. The molecule has 0 radical (unpaired) electrons. The summed E-state index contributed by atoms with van der Waals surface area (Å²) < 4.78 is 15.0. The number of nitrogens with zero attached hydrogens (tertiary/aromatic N) is 2. The van der Waals surface area contributed by atoms with Gasteiger partial charge in [0.15, 0.2) is 0 Å². The highest BCUT2D eigenvalue weighted by Gasteiger charge is 2.14. The van der Waals surface area contributed by atoms with Gasteiger partial charge < -0.3 is 5.73 Å². The molecule has 3 aromatic rings. The fourth-order valence-corrected chi connectivity index (χ4v) is 2.37. The number of rotatable bonds is 2. The van der Waals surface area contributed by atoms with Crippen molar-refractivity contribution >= 4 is 16.6 Å². The Balaban J connectivity index is 2.29. The molecule has 0 amide bonds. The van der Waals surface area contributed by atoms with E-state index in [0.717, 1.165) is 22.2 Å². The fourth-order valence-electron chi connectivity index (χ4n) is 2.37. The van der Waals surface area contributed by atoms with Gasteiger partial charge in [-0.2, -0.15) is 5.10 Å². The summed E-state index contributed by atoms with van der Waals surface area (Å²) in [6, 6.07) is 12.4. The van der Waals surface area contributed by atoms with Crippen LogP contribution in [-0.2, 0) is 0 Å². The molecule has 4 heteroatoms. The molecule has 0 aliphatic rings. The van der Waals surface area contributed by atoms with Crippen LogP contribution < -0.4 is 5.73 Å². The zero-order valence-corrected chi connectivity index (χ0v) is 11.5. The quantitative estimate of drug-likeness (QED) is 0.714. The molecule has 20 heavy (non-hydrogen) atoms. The molecule has 0 saturated carbocycles. The molecule has 1 aromatic heterocycles. The Bertz CT molecular complexity index is 757. The average molecular weight is 269 g/mol. The van der Waals surface area contributed by atoms with Crippen LogP contribution in [0.3, 0.4) is 0 Å². The molecule has 102 valence electrons. The van der Waals surface area contributed by atoms with E-state index in [1.807, 2.05) is 22.9 Å². The first-order valence-corrected chi connectivity index (χ1v) is 6.60. The fraction of sp³-hybridized carbons (Fsp3) is 0.188. The van der Waals surface area contributed by atoms with Gasteiger partial charge in [0.2, 0.25) is 0 Å². The van der Waals surface area contributed by atoms with Crippen LogP contribution in [0, 0.1) is 5.82 Å². The topological polar surface area (TPSA) is 43.8 Å². The van der Waals surface area contributed by atoms with E-state index in [1.165, 1.54) is 12.1 Å². The number of halogens is 1. The maximum atomic E-state index is 13.1. The molecule has 0 aliphatic heterocycles. The number of nitrogens with two attached hydrogens (primary N) is 1. The molecule has 0 saturated heterocycles. The Morgan fingerprint density at radius 3 is 2.45 bits per heavy atom. The molecule has 3 nitrogen and oxygen atoms in total. The van der Waals surface area contributed by atoms with E-state index in [1.54, 1.807) is 12.1 Å². The Morgan fingerprint density at radius 1 is 1.10 bits per heavy atom. The van der Waals surface area contributed by atoms with Gasteiger partial charge in [-0.15, -0.1) is 0 Å². The third-order valence-corrected chi connectivity index (χ3v) is 3.34. The number of anilines is 1. The van der Waals surface area contributed by atoms with Crippen LogP contribution in [0.5, 0.6) is 0 Å². The molecule has 0 fully saturated rings. The lowest BCUT2D eigenvalue weighted by Gasteiger charge is -2.06. The van der Waals surface area contributed by atoms with E-state index in [0.29, 0.717) is 5.69 Å². The van der Waals surface area contributed by atoms with Gasteiger partial charge in [0.1, 0.15) is 11.5 Å². The number of benzene rings is 2. The Morgan fingerprint density at radius 2 is 1.80 bits per heavy atom. The van der Waals surface area contributed by atoms with Gasteiger partial charge in [-0.25, -0.2) is 4.39 Å². The normalized spacial score (nSPS) is 11.4. The van der Waals surface area contributed by atoms with Gasteiger partial charge >= 0.3 is 0 Å². The highest BCUT2D eigenvalue weighted by Crippen LogP contribution is 2.31. The average Bonchev–Trinajstić information content (AvgIpc) is 2.78. The maximum absolute atomic E-state index is 13.1. The molecular weight excluding hydrogens is 253 g/mol. The van der Waals surface area contributed by atoms with Gasteiger partial charge in [-0.1, -0.05) is 0 Å². The number of aromatic nitrogens is 2. The molecule has 2 N–H and O–H groups in total. The largest absolute Gasteiger partial charge is 0.399 e. The summed E-state index contributed by atoms with van der Waals surface area (Å²) in [7, 11) is 0. The second-order valence-corrected chi connectivity index (χ2v) is 5.17. The minimum absolute atomic E-state index is 0.246. The van der Waals surface area contributed by atoms with Crippen molar-refractivity contribution in [2.75, 3.05) is 5.73 Å². The summed E-state index contributed by atoms with van der Waals surface area (Å²) in [6.45, 7) is 4.16. The molecule has 0 spiro atoms. The van der Waals surface area contributed by atoms with Gasteiger partial charge in [0.25, 0.3) is 0 Å². The van der Waals surface area contributed by atoms with Gasteiger partial charge in [0, 0.05) is 22.7 Å². The molecule has 3 rings (SSSR count). The zero-order chi connectivity index (χ0) is 14.3.